The highest BCUT2D eigenvalue weighted by Crippen LogP contribution is 2.43. The Hall–Kier alpha value is -2.99. The van der Waals surface area contributed by atoms with Crippen LogP contribution in [-0.2, 0) is 4.79 Å². The lowest BCUT2D eigenvalue weighted by atomic mass is 9.82. The minimum atomic E-state index is -0.120. The molecule has 0 atom stereocenters. The van der Waals surface area contributed by atoms with E-state index in [-0.39, 0.29) is 5.91 Å². The Bertz CT molecular complexity index is 1080. The molecule has 0 radical (unpaired) electrons. The first kappa shape index (κ1) is 19.0. The molecule has 1 saturated carbocycles. The number of carbonyl (C=O) groups excluding carboxylic acids is 1. The molecule has 0 unspecified atom stereocenters. The van der Waals surface area contributed by atoms with E-state index >= 15 is 0 Å². The van der Waals surface area contributed by atoms with Gasteiger partial charge in [0.2, 0.25) is 0 Å². The van der Waals surface area contributed by atoms with E-state index in [1.165, 1.54) is 19.3 Å². The summed E-state index contributed by atoms with van der Waals surface area (Å²) in [6, 6.07) is 16.1. The summed E-state index contributed by atoms with van der Waals surface area (Å²) in [5.74, 6) is 0.228. The van der Waals surface area contributed by atoms with Crippen LogP contribution in [0.15, 0.2) is 75.9 Å². The molecule has 3 aliphatic rings. The van der Waals surface area contributed by atoms with E-state index in [1.54, 1.807) is 11.8 Å². The zero-order valence-corrected chi connectivity index (χ0v) is 17.5. The van der Waals surface area contributed by atoms with Crippen LogP contribution in [-0.4, -0.2) is 11.6 Å². The van der Waals surface area contributed by atoms with Gasteiger partial charge in [0.25, 0.3) is 5.91 Å². The molecule has 2 aromatic rings. The van der Waals surface area contributed by atoms with Gasteiger partial charge >= 0.3 is 0 Å². The molecule has 1 aliphatic carbocycles. The number of nitrogens with two attached hydrogens (primary N) is 1. The third-order valence-electron chi connectivity index (χ3n) is 5.87. The number of benzene rings is 2. The lowest BCUT2D eigenvalue weighted by Crippen LogP contribution is -2.24. The van der Waals surface area contributed by atoms with Crippen LogP contribution in [0, 0.1) is 5.92 Å². The second kappa shape index (κ2) is 8.03. The van der Waals surface area contributed by atoms with Crippen molar-refractivity contribution in [1.29, 1.82) is 0 Å². The summed E-state index contributed by atoms with van der Waals surface area (Å²) < 4.78 is 0. The molecule has 0 aromatic heterocycles. The van der Waals surface area contributed by atoms with E-state index in [9.17, 15) is 4.79 Å². The number of anilines is 2. The molecule has 1 amide bonds. The number of para-hydroxylation sites is 1. The molecule has 1 fully saturated rings. The fourth-order valence-electron chi connectivity index (χ4n) is 4.35. The van der Waals surface area contributed by atoms with Crippen molar-refractivity contribution in [3.63, 3.8) is 0 Å². The van der Waals surface area contributed by atoms with Crippen LogP contribution < -0.4 is 16.5 Å². The van der Waals surface area contributed by atoms with Crippen LogP contribution in [0.1, 0.15) is 37.7 Å². The van der Waals surface area contributed by atoms with Gasteiger partial charge in [-0.25, -0.2) is 5.43 Å². The first-order valence-electron chi connectivity index (χ1n) is 10.4. The average molecular weight is 417 g/mol. The minimum absolute atomic E-state index is 0.120. The Morgan fingerprint density at radius 2 is 1.77 bits per heavy atom. The van der Waals surface area contributed by atoms with E-state index in [2.05, 4.69) is 34.1 Å². The second-order valence-corrected chi connectivity index (χ2v) is 9.03. The molecule has 0 bridgehead atoms. The molecule has 0 saturated heterocycles. The highest BCUT2D eigenvalue weighted by atomic mass is 32.2. The van der Waals surface area contributed by atoms with Gasteiger partial charge in [-0.15, -0.1) is 0 Å². The molecule has 5 nitrogen and oxygen atoms in total. The van der Waals surface area contributed by atoms with Crippen LogP contribution in [0.2, 0.25) is 0 Å². The van der Waals surface area contributed by atoms with Crippen LogP contribution in [0.4, 0.5) is 11.4 Å². The number of carbonyl (C=O) groups is 1. The van der Waals surface area contributed by atoms with Gasteiger partial charge in [-0.05, 0) is 49.2 Å². The van der Waals surface area contributed by atoms with Crippen molar-refractivity contribution in [2.24, 2.45) is 11.0 Å². The smallest absolute Gasteiger partial charge is 0.275 e. The molecule has 0 spiro atoms. The topological polar surface area (TPSA) is 79.5 Å². The van der Waals surface area contributed by atoms with Crippen LogP contribution >= 0.6 is 11.8 Å². The molecule has 5 rings (SSSR count). The van der Waals surface area contributed by atoms with Crippen LogP contribution in [0.5, 0.6) is 0 Å². The van der Waals surface area contributed by atoms with Crippen molar-refractivity contribution in [3.05, 3.63) is 71.4 Å². The molecular formula is C24H24N4OS. The first-order chi connectivity index (χ1) is 14.7. The molecule has 2 aliphatic heterocycles. The van der Waals surface area contributed by atoms with E-state index in [1.807, 2.05) is 36.4 Å². The molecule has 152 valence electrons. The number of hydrogen-bond acceptors (Lipinski definition) is 5. The summed E-state index contributed by atoms with van der Waals surface area (Å²) in [5, 5.41) is 7.93. The predicted octanol–water partition coefficient (Wildman–Crippen LogP) is 5.15. The SMILES string of the molecule is Nc1ccc(SC2=CC(=C3C(=O)NN=C3C3CCCCC3)Nc3ccccc32)cc1. The van der Waals surface area contributed by atoms with Crippen molar-refractivity contribution in [2.45, 2.75) is 37.0 Å². The van der Waals surface area contributed by atoms with Crippen molar-refractivity contribution >= 4 is 39.7 Å². The van der Waals surface area contributed by atoms with E-state index in [4.69, 9.17) is 5.73 Å². The predicted molar refractivity (Wildman–Crippen MR) is 124 cm³/mol. The molecule has 2 aromatic carbocycles. The summed E-state index contributed by atoms with van der Waals surface area (Å²) in [7, 11) is 0. The maximum absolute atomic E-state index is 12.8. The third-order valence-corrected chi connectivity index (χ3v) is 6.93. The largest absolute Gasteiger partial charge is 0.399 e. The normalized spacial score (nSPS) is 21.4. The molecule has 30 heavy (non-hydrogen) atoms. The zero-order chi connectivity index (χ0) is 20.5. The number of thioether (sulfide) groups is 1. The summed E-state index contributed by atoms with van der Waals surface area (Å²) in [6.07, 6.45) is 7.94. The maximum atomic E-state index is 12.8. The van der Waals surface area contributed by atoms with Crippen molar-refractivity contribution in [3.8, 4) is 0 Å². The van der Waals surface area contributed by atoms with E-state index in [0.29, 0.717) is 11.5 Å². The number of hydrazone groups is 1. The van der Waals surface area contributed by atoms with Gasteiger partial charge in [-0.1, -0.05) is 49.2 Å². The van der Waals surface area contributed by atoms with Gasteiger partial charge in [-0.2, -0.15) is 5.10 Å². The van der Waals surface area contributed by atoms with Crippen LogP contribution in [0.25, 0.3) is 4.91 Å². The monoisotopic (exact) mass is 416 g/mol. The maximum Gasteiger partial charge on any atom is 0.275 e. The van der Waals surface area contributed by atoms with Crippen molar-refractivity contribution < 1.29 is 4.79 Å². The Labute approximate surface area is 180 Å². The highest BCUT2D eigenvalue weighted by Gasteiger charge is 2.33. The minimum Gasteiger partial charge on any atom is -0.399 e. The summed E-state index contributed by atoms with van der Waals surface area (Å²) in [6.45, 7) is 0. The number of nitrogens with one attached hydrogen (secondary N) is 2. The number of nitrogen functional groups attached to an aromatic ring is 1. The van der Waals surface area contributed by atoms with E-state index in [0.717, 1.165) is 51.0 Å². The lowest BCUT2D eigenvalue weighted by Gasteiger charge is -2.25. The number of rotatable bonds is 3. The van der Waals surface area contributed by atoms with Gasteiger partial charge < -0.3 is 11.1 Å². The fraction of sp³-hybridized carbons (Fsp3) is 0.250. The summed E-state index contributed by atoms with van der Waals surface area (Å²) >= 11 is 1.68. The Kier molecular flexibility index (Phi) is 5.09. The van der Waals surface area contributed by atoms with Gasteiger partial charge in [0.05, 0.1) is 17.0 Å². The highest BCUT2D eigenvalue weighted by molar-refractivity contribution is 8.08. The van der Waals surface area contributed by atoms with E-state index < -0.39 is 0 Å². The third kappa shape index (κ3) is 3.63. The van der Waals surface area contributed by atoms with Crippen molar-refractivity contribution in [2.75, 3.05) is 11.1 Å². The van der Waals surface area contributed by atoms with Crippen molar-refractivity contribution in [1.82, 2.24) is 5.43 Å². The van der Waals surface area contributed by atoms with Crippen LogP contribution in [0.3, 0.4) is 0 Å². The van der Waals surface area contributed by atoms with Gasteiger partial charge in [0.1, 0.15) is 0 Å². The number of amides is 1. The van der Waals surface area contributed by atoms with Gasteiger partial charge in [0.15, 0.2) is 0 Å². The molecule has 6 heteroatoms. The fourth-order valence-corrected chi connectivity index (χ4v) is 5.34. The standard InChI is InChI=1S/C24H24N4OS/c25-16-10-12-17(13-11-16)30-21-14-20(26-19-9-5-4-8-18(19)21)22-23(27-28-24(22)29)15-6-2-1-3-7-15/h4-5,8-15,26H,1-3,6-7,25H2,(H,28,29). The molecular weight excluding hydrogens is 392 g/mol. The quantitative estimate of drug-likeness (QED) is 0.478. The first-order valence-corrected chi connectivity index (χ1v) is 11.2. The van der Waals surface area contributed by atoms with Gasteiger partial charge in [0, 0.05) is 32.7 Å². The Morgan fingerprint density at radius 3 is 2.57 bits per heavy atom. The molecule has 4 N–H and O–H groups in total. The number of hydrogen-bond donors (Lipinski definition) is 3. The second-order valence-electron chi connectivity index (χ2n) is 7.91. The number of allylic oxidation sites excluding steroid dienone is 1. The zero-order valence-electron chi connectivity index (χ0n) is 16.7. The number of nitrogens with zero attached hydrogens (tertiary/aromatic N) is 1. The Morgan fingerprint density at radius 1 is 1.00 bits per heavy atom. The molecule has 2 heterocycles. The van der Waals surface area contributed by atoms with Gasteiger partial charge in [-0.3, -0.25) is 4.79 Å². The number of fused-ring (bicyclic) bond motifs is 1. The summed E-state index contributed by atoms with van der Waals surface area (Å²) in [5.41, 5.74) is 13.9. The Balaban J connectivity index is 1.56. The lowest BCUT2D eigenvalue weighted by molar-refractivity contribution is -0.116. The average Bonchev–Trinajstić information content (AvgIpc) is 3.17. The summed E-state index contributed by atoms with van der Waals surface area (Å²) in [4.78, 5) is 15.0.